The smallest absolute Gasteiger partial charge is 0.137 e. The van der Waals surface area contributed by atoms with E-state index in [4.69, 9.17) is 0 Å². The highest BCUT2D eigenvalue weighted by atomic mass is 32.2. The van der Waals surface area contributed by atoms with E-state index in [0.29, 0.717) is 10.5 Å². The molecule has 0 fully saturated rings. The molecule has 0 radical (unpaired) electrons. The third-order valence-electron chi connectivity index (χ3n) is 2.99. The number of aliphatic hydroxyl groups excluding tert-OH is 1. The number of hydrogen-bond donors (Lipinski definition) is 1. The number of hydrogen-bond acceptors (Lipinski definition) is 2. The molecule has 0 saturated heterocycles. The highest BCUT2D eigenvalue weighted by Crippen LogP contribution is 2.33. The Morgan fingerprint density at radius 3 is 2.32 bits per heavy atom. The van der Waals surface area contributed by atoms with E-state index >= 15 is 0 Å². The summed E-state index contributed by atoms with van der Waals surface area (Å²) in [5.74, 6) is -0.289. The molecule has 1 N–H and O–H groups in total. The van der Waals surface area contributed by atoms with Crippen molar-refractivity contribution in [3.63, 3.8) is 0 Å². The maximum atomic E-state index is 14.0. The van der Waals surface area contributed by atoms with Crippen molar-refractivity contribution in [2.75, 3.05) is 0 Å². The Morgan fingerprint density at radius 1 is 1.05 bits per heavy atom. The fraction of sp³-hybridized carbons (Fsp3) is 0.250. The fourth-order valence-electron chi connectivity index (χ4n) is 1.89. The topological polar surface area (TPSA) is 20.2 Å². The summed E-state index contributed by atoms with van der Waals surface area (Å²) in [7, 11) is 0. The Hall–Kier alpha value is -1.32. The Balaban J connectivity index is 2.28. The van der Waals surface area contributed by atoms with Crippen molar-refractivity contribution < 1.29 is 9.50 Å². The predicted octanol–water partition coefficient (Wildman–Crippen LogP) is 4.65. The van der Waals surface area contributed by atoms with Gasteiger partial charge in [-0.1, -0.05) is 35.5 Å². The van der Waals surface area contributed by atoms with Gasteiger partial charge in [0.2, 0.25) is 0 Å². The number of benzene rings is 2. The first-order valence-corrected chi connectivity index (χ1v) is 7.01. The van der Waals surface area contributed by atoms with Crippen molar-refractivity contribution in [1.29, 1.82) is 0 Å². The van der Waals surface area contributed by atoms with Crippen LogP contribution in [0.25, 0.3) is 0 Å². The summed E-state index contributed by atoms with van der Waals surface area (Å²) in [6, 6.07) is 11.0. The predicted molar refractivity (Wildman–Crippen MR) is 77.1 cm³/mol. The van der Waals surface area contributed by atoms with E-state index < -0.39 is 6.10 Å². The number of halogens is 1. The van der Waals surface area contributed by atoms with Gasteiger partial charge in [-0.15, -0.1) is 0 Å². The normalized spacial score (nSPS) is 12.5. The van der Waals surface area contributed by atoms with E-state index in [1.54, 1.807) is 19.1 Å². The lowest BCUT2D eigenvalue weighted by atomic mass is 10.1. The molecule has 0 bridgehead atoms. The second-order valence-electron chi connectivity index (χ2n) is 4.74. The van der Waals surface area contributed by atoms with Crippen LogP contribution in [0.1, 0.15) is 29.7 Å². The zero-order valence-electron chi connectivity index (χ0n) is 11.3. The van der Waals surface area contributed by atoms with Crippen LogP contribution < -0.4 is 0 Å². The first-order valence-electron chi connectivity index (χ1n) is 6.20. The van der Waals surface area contributed by atoms with Crippen LogP contribution in [0.5, 0.6) is 0 Å². The molecule has 2 aromatic carbocycles. The molecule has 2 rings (SSSR count). The second kappa shape index (κ2) is 5.76. The van der Waals surface area contributed by atoms with Crippen LogP contribution in [-0.4, -0.2) is 5.11 Å². The zero-order valence-corrected chi connectivity index (χ0v) is 12.1. The molecule has 0 heterocycles. The highest BCUT2D eigenvalue weighted by molar-refractivity contribution is 7.99. The first kappa shape index (κ1) is 14.1. The Labute approximate surface area is 117 Å². The van der Waals surface area contributed by atoms with Crippen molar-refractivity contribution in [2.24, 2.45) is 0 Å². The van der Waals surface area contributed by atoms with Gasteiger partial charge in [0.1, 0.15) is 5.82 Å². The van der Waals surface area contributed by atoms with Crippen LogP contribution in [0.3, 0.4) is 0 Å². The summed E-state index contributed by atoms with van der Waals surface area (Å²) < 4.78 is 14.0. The minimum Gasteiger partial charge on any atom is -0.389 e. The van der Waals surface area contributed by atoms with E-state index in [1.165, 1.54) is 23.4 Å². The zero-order chi connectivity index (χ0) is 14.0. The van der Waals surface area contributed by atoms with Crippen molar-refractivity contribution >= 4 is 11.8 Å². The number of aryl methyl sites for hydroxylation is 2. The van der Waals surface area contributed by atoms with Gasteiger partial charge in [0.15, 0.2) is 0 Å². The average Bonchev–Trinajstić information content (AvgIpc) is 2.34. The fourth-order valence-corrected chi connectivity index (χ4v) is 2.78. The van der Waals surface area contributed by atoms with E-state index in [1.807, 2.05) is 26.0 Å². The first-order chi connectivity index (χ1) is 8.97. The van der Waals surface area contributed by atoms with E-state index in [-0.39, 0.29) is 5.82 Å². The summed E-state index contributed by atoms with van der Waals surface area (Å²) in [4.78, 5) is 1.63. The molecule has 0 saturated carbocycles. The molecule has 0 unspecified atom stereocenters. The maximum Gasteiger partial charge on any atom is 0.137 e. The SMILES string of the molecule is Cc1ccc(Sc2ccc([C@H](C)O)cc2F)c(C)c1. The molecule has 1 nitrogen and oxygen atoms in total. The lowest BCUT2D eigenvalue weighted by Crippen LogP contribution is -1.93. The lowest BCUT2D eigenvalue weighted by molar-refractivity contribution is 0.198. The van der Waals surface area contributed by atoms with Crippen LogP contribution in [0.15, 0.2) is 46.2 Å². The third-order valence-corrected chi connectivity index (χ3v) is 4.22. The second-order valence-corrected chi connectivity index (χ2v) is 5.82. The maximum absolute atomic E-state index is 14.0. The van der Waals surface area contributed by atoms with Gasteiger partial charge in [-0.05, 0) is 50.1 Å². The molecule has 0 spiro atoms. The minimum atomic E-state index is -0.644. The van der Waals surface area contributed by atoms with Crippen LogP contribution in [0.2, 0.25) is 0 Å². The Bertz CT molecular complexity index is 593. The average molecular weight is 276 g/mol. The molecule has 3 heteroatoms. The van der Waals surface area contributed by atoms with E-state index in [9.17, 15) is 9.50 Å². The van der Waals surface area contributed by atoms with Gasteiger partial charge in [0.05, 0.1) is 6.10 Å². The molecular formula is C16H17FOS. The minimum absolute atomic E-state index is 0.289. The van der Waals surface area contributed by atoms with Crippen molar-refractivity contribution in [2.45, 2.75) is 36.7 Å². The van der Waals surface area contributed by atoms with Gasteiger partial charge in [0.25, 0.3) is 0 Å². The molecule has 0 aliphatic carbocycles. The summed E-state index contributed by atoms with van der Waals surface area (Å²) >= 11 is 1.41. The summed E-state index contributed by atoms with van der Waals surface area (Å²) in [5.41, 5.74) is 2.94. The molecule has 0 amide bonds. The molecule has 0 aliphatic heterocycles. The molecule has 0 aliphatic rings. The third kappa shape index (κ3) is 3.37. The van der Waals surface area contributed by atoms with Gasteiger partial charge in [-0.25, -0.2) is 4.39 Å². The van der Waals surface area contributed by atoms with Crippen LogP contribution in [0.4, 0.5) is 4.39 Å². The standard InChI is InChI=1S/C16H17FOS/c1-10-4-6-15(11(2)8-10)19-16-7-5-13(12(3)18)9-14(16)17/h4-9,12,18H,1-3H3/t12-/m0/s1. The quantitative estimate of drug-likeness (QED) is 0.880. The summed E-state index contributed by atoms with van der Waals surface area (Å²) in [5, 5.41) is 9.43. The number of aliphatic hydroxyl groups is 1. The molecule has 0 aromatic heterocycles. The Kier molecular flexibility index (Phi) is 4.27. The monoisotopic (exact) mass is 276 g/mol. The van der Waals surface area contributed by atoms with Gasteiger partial charge < -0.3 is 5.11 Å². The number of rotatable bonds is 3. The van der Waals surface area contributed by atoms with Crippen molar-refractivity contribution in [3.8, 4) is 0 Å². The lowest BCUT2D eigenvalue weighted by Gasteiger charge is -2.10. The van der Waals surface area contributed by atoms with E-state index in [0.717, 1.165) is 10.5 Å². The van der Waals surface area contributed by atoms with Crippen LogP contribution >= 0.6 is 11.8 Å². The molecule has 19 heavy (non-hydrogen) atoms. The van der Waals surface area contributed by atoms with Crippen LogP contribution in [-0.2, 0) is 0 Å². The van der Waals surface area contributed by atoms with E-state index in [2.05, 4.69) is 6.07 Å². The van der Waals surface area contributed by atoms with Gasteiger partial charge in [-0.2, -0.15) is 0 Å². The highest BCUT2D eigenvalue weighted by Gasteiger charge is 2.09. The molecule has 1 atom stereocenters. The van der Waals surface area contributed by atoms with Crippen molar-refractivity contribution in [1.82, 2.24) is 0 Å². The Morgan fingerprint density at radius 2 is 1.74 bits per heavy atom. The summed E-state index contributed by atoms with van der Waals surface area (Å²) in [6.07, 6.45) is -0.644. The van der Waals surface area contributed by atoms with Crippen LogP contribution in [0, 0.1) is 19.7 Å². The van der Waals surface area contributed by atoms with Crippen molar-refractivity contribution in [3.05, 3.63) is 58.9 Å². The molecular weight excluding hydrogens is 259 g/mol. The van der Waals surface area contributed by atoms with Gasteiger partial charge in [-0.3, -0.25) is 0 Å². The molecule has 100 valence electrons. The van der Waals surface area contributed by atoms with Gasteiger partial charge in [0, 0.05) is 9.79 Å². The molecule has 2 aromatic rings. The van der Waals surface area contributed by atoms with Gasteiger partial charge >= 0.3 is 0 Å². The largest absolute Gasteiger partial charge is 0.389 e. The summed E-state index contributed by atoms with van der Waals surface area (Å²) in [6.45, 7) is 5.70.